The van der Waals surface area contributed by atoms with Gasteiger partial charge >= 0.3 is 0 Å². The molecule has 1 aromatic carbocycles. The molecule has 0 spiro atoms. The van der Waals surface area contributed by atoms with Gasteiger partial charge in [0.2, 0.25) is 0 Å². The smallest absolute Gasteiger partial charge is 0.146 e. The molecule has 6 heteroatoms. The van der Waals surface area contributed by atoms with E-state index in [-0.39, 0.29) is 5.82 Å². The molecule has 1 heterocycles. The van der Waals surface area contributed by atoms with Crippen LogP contribution in [0.25, 0.3) is 0 Å². The average Bonchev–Trinajstić information content (AvgIpc) is 2.38. The number of rotatable bonds is 4. The van der Waals surface area contributed by atoms with Gasteiger partial charge in [-0.25, -0.2) is 9.37 Å². The lowest BCUT2D eigenvalue weighted by Gasteiger charge is -2.09. The van der Waals surface area contributed by atoms with Crippen molar-refractivity contribution in [2.75, 3.05) is 11.9 Å². The quantitative estimate of drug-likeness (QED) is 0.848. The molecule has 0 amide bonds. The lowest BCUT2D eigenvalue weighted by atomic mass is 10.4. The first-order valence-corrected chi connectivity index (χ1v) is 7.20. The summed E-state index contributed by atoms with van der Waals surface area (Å²) in [6.07, 6.45) is 0. The maximum Gasteiger partial charge on any atom is 0.146 e. The van der Waals surface area contributed by atoms with Crippen LogP contribution in [0.2, 0.25) is 10.0 Å². The van der Waals surface area contributed by atoms with Gasteiger partial charge in [-0.2, -0.15) is 0 Å². The topological polar surface area (TPSA) is 24.9 Å². The van der Waals surface area contributed by atoms with E-state index in [4.69, 9.17) is 23.2 Å². The van der Waals surface area contributed by atoms with Gasteiger partial charge < -0.3 is 5.32 Å². The maximum atomic E-state index is 12.8. The Morgan fingerprint density at radius 2 is 1.89 bits per heavy atom. The van der Waals surface area contributed by atoms with Crippen molar-refractivity contribution in [3.8, 4) is 0 Å². The second kappa shape index (κ2) is 6.46. The fourth-order valence-corrected chi connectivity index (χ4v) is 2.76. The van der Waals surface area contributed by atoms with Gasteiger partial charge in [-0.1, -0.05) is 35.0 Å². The molecule has 0 saturated heterocycles. The number of halogens is 3. The first-order valence-electron chi connectivity index (χ1n) is 5.63. The number of hydrogen-bond acceptors (Lipinski definition) is 3. The molecule has 0 aliphatic heterocycles. The molecule has 100 valence electrons. The Morgan fingerprint density at radius 1 is 1.21 bits per heavy atom. The van der Waals surface area contributed by atoms with Crippen LogP contribution in [-0.2, 0) is 0 Å². The first-order chi connectivity index (χ1) is 9.10. The van der Waals surface area contributed by atoms with E-state index in [1.54, 1.807) is 18.2 Å². The average molecular weight is 317 g/mol. The highest BCUT2D eigenvalue weighted by atomic mass is 35.5. The van der Waals surface area contributed by atoms with Crippen LogP contribution in [0.15, 0.2) is 40.3 Å². The monoisotopic (exact) mass is 316 g/mol. The van der Waals surface area contributed by atoms with Crippen molar-refractivity contribution in [3.05, 3.63) is 46.2 Å². The number of anilines is 1. The van der Waals surface area contributed by atoms with Crippen molar-refractivity contribution in [3.63, 3.8) is 0 Å². The molecular formula is C13H11Cl2FN2S. The molecule has 2 aromatic rings. The minimum absolute atomic E-state index is 0.271. The van der Waals surface area contributed by atoms with Crippen LogP contribution in [0.4, 0.5) is 10.2 Å². The molecule has 0 aliphatic carbocycles. The predicted octanol–water partition coefficient (Wildman–Crippen LogP) is 5.11. The lowest BCUT2D eigenvalue weighted by molar-refractivity contribution is 0.626. The summed E-state index contributed by atoms with van der Waals surface area (Å²) in [6.45, 7) is 2.68. The molecule has 2 rings (SSSR count). The molecule has 0 unspecified atom stereocenters. The summed E-state index contributed by atoms with van der Waals surface area (Å²) in [6, 6.07) is 7.81. The number of pyridine rings is 1. The van der Waals surface area contributed by atoms with E-state index in [2.05, 4.69) is 10.3 Å². The summed E-state index contributed by atoms with van der Waals surface area (Å²) in [5, 5.41) is 4.65. The number of benzene rings is 1. The van der Waals surface area contributed by atoms with Gasteiger partial charge in [0.05, 0.1) is 10.0 Å². The summed E-state index contributed by atoms with van der Waals surface area (Å²) >= 11 is 13.5. The second-order valence-electron chi connectivity index (χ2n) is 3.69. The van der Waals surface area contributed by atoms with E-state index in [1.165, 1.54) is 23.9 Å². The van der Waals surface area contributed by atoms with E-state index in [9.17, 15) is 4.39 Å². The lowest BCUT2D eigenvalue weighted by Crippen LogP contribution is -2.00. The minimum atomic E-state index is -0.271. The van der Waals surface area contributed by atoms with E-state index < -0.39 is 0 Å². The standard InChI is InChI=1S/C13H11Cl2FN2S/c1-2-17-12-10(14)7-11(15)13(18-12)19-9-5-3-8(16)4-6-9/h3-7H,2H2,1H3,(H,17,18). The van der Waals surface area contributed by atoms with E-state index in [0.717, 1.165) is 11.4 Å². The largest absolute Gasteiger partial charge is 0.369 e. The third kappa shape index (κ3) is 3.75. The van der Waals surface area contributed by atoms with Gasteiger partial charge in [0.15, 0.2) is 0 Å². The van der Waals surface area contributed by atoms with Crippen LogP contribution >= 0.6 is 35.0 Å². The maximum absolute atomic E-state index is 12.8. The zero-order valence-electron chi connectivity index (χ0n) is 10.1. The van der Waals surface area contributed by atoms with Crippen molar-refractivity contribution >= 4 is 40.8 Å². The summed E-state index contributed by atoms with van der Waals surface area (Å²) in [7, 11) is 0. The highest BCUT2D eigenvalue weighted by molar-refractivity contribution is 7.99. The van der Waals surface area contributed by atoms with E-state index >= 15 is 0 Å². The van der Waals surface area contributed by atoms with Crippen molar-refractivity contribution in [2.45, 2.75) is 16.8 Å². The number of aromatic nitrogens is 1. The van der Waals surface area contributed by atoms with Crippen molar-refractivity contribution in [1.29, 1.82) is 0 Å². The molecule has 19 heavy (non-hydrogen) atoms. The van der Waals surface area contributed by atoms with Gasteiger partial charge in [0.1, 0.15) is 16.7 Å². The normalized spacial score (nSPS) is 10.5. The van der Waals surface area contributed by atoms with Gasteiger partial charge in [0, 0.05) is 11.4 Å². The van der Waals surface area contributed by atoms with Crippen LogP contribution in [0.5, 0.6) is 0 Å². The molecule has 0 aliphatic rings. The molecule has 0 fully saturated rings. The Kier molecular flexibility index (Phi) is 4.91. The van der Waals surface area contributed by atoms with E-state index in [0.29, 0.717) is 20.9 Å². The van der Waals surface area contributed by atoms with Crippen molar-refractivity contribution < 1.29 is 4.39 Å². The summed E-state index contributed by atoms with van der Waals surface area (Å²) in [5.74, 6) is 0.325. The molecule has 1 N–H and O–H groups in total. The third-order valence-electron chi connectivity index (χ3n) is 2.27. The van der Waals surface area contributed by atoms with Crippen LogP contribution in [-0.4, -0.2) is 11.5 Å². The first kappa shape index (κ1) is 14.4. The summed E-state index contributed by atoms with van der Waals surface area (Å²) in [5.41, 5.74) is 0. The molecule has 1 aromatic heterocycles. The van der Waals surface area contributed by atoms with Crippen LogP contribution < -0.4 is 5.32 Å². The fourth-order valence-electron chi connectivity index (χ4n) is 1.43. The number of nitrogens with one attached hydrogen (secondary N) is 1. The summed E-state index contributed by atoms with van der Waals surface area (Å²) in [4.78, 5) is 5.24. The molecule has 0 bridgehead atoms. The van der Waals surface area contributed by atoms with Crippen LogP contribution in [0, 0.1) is 5.82 Å². The van der Waals surface area contributed by atoms with Crippen LogP contribution in [0.3, 0.4) is 0 Å². The van der Waals surface area contributed by atoms with Gasteiger partial charge in [-0.15, -0.1) is 0 Å². The molecule has 0 saturated carbocycles. The molecular weight excluding hydrogens is 306 g/mol. The van der Waals surface area contributed by atoms with Crippen LogP contribution in [0.1, 0.15) is 6.92 Å². The zero-order valence-corrected chi connectivity index (χ0v) is 12.4. The van der Waals surface area contributed by atoms with Crippen molar-refractivity contribution in [1.82, 2.24) is 4.98 Å². The highest BCUT2D eigenvalue weighted by Crippen LogP contribution is 2.35. The zero-order chi connectivity index (χ0) is 13.8. The van der Waals surface area contributed by atoms with Crippen molar-refractivity contribution in [2.24, 2.45) is 0 Å². The fraction of sp³-hybridized carbons (Fsp3) is 0.154. The van der Waals surface area contributed by atoms with E-state index in [1.807, 2.05) is 6.92 Å². The number of hydrogen-bond donors (Lipinski definition) is 1. The Labute approximate surface area is 125 Å². The third-order valence-corrected chi connectivity index (χ3v) is 3.97. The molecule has 0 atom stereocenters. The number of nitrogens with zero attached hydrogens (tertiary/aromatic N) is 1. The summed E-state index contributed by atoms with van der Waals surface area (Å²) < 4.78 is 12.8. The minimum Gasteiger partial charge on any atom is -0.369 e. The van der Waals surface area contributed by atoms with Gasteiger partial charge in [0.25, 0.3) is 0 Å². The molecule has 0 radical (unpaired) electrons. The van der Waals surface area contributed by atoms with Gasteiger partial charge in [-0.05, 0) is 37.3 Å². The Balaban J connectivity index is 2.28. The Bertz CT molecular complexity index is 576. The Hall–Kier alpha value is -0.970. The second-order valence-corrected chi connectivity index (χ2v) is 5.57. The Morgan fingerprint density at radius 3 is 2.53 bits per heavy atom. The van der Waals surface area contributed by atoms with Gasteiger partial charge in [-0.3, -0.25) is 0 Å². The molecule has 2 nitrogen and oxygen atoms in total. The highest BCUT2D eigenvalue weighted by Gasteiger charge is 2.10. The SMILES string of the molecule is CCNc1nc(Sc2ccc(F)cc2)c(Cl)cc1Cl. The predicted molar refractivity (Wildman–Crippen MR) is 78.9 cm³/mol.